The van der Waals surface area contributed by atoms with Gasteiger partial charge in [-0.25, -0.2) is 4.79 Å². The van der Waals surface area contributed by atoms with E-state index in [2.05, 4.69) is 4.98 Å². The minimum Gasteiger partial charge on any atom is -0.489 e. The number of carboxylic acid groups (broad SMARTS) is 1. The maximum atomic E-state index is 11.2. The van der Waals surface area contributed by atoms with E-state index in [-0.39, 0.29) is 6.42 Å². The van der Waals surface area contributed by atoms with Crippen LogP contribution in [0.15, 0.2) is 60.8 Å². The van der Waals surface area contributed by atoms with E-state index in [1.165, 1.54) is 7.11 Å². The zero-order valence-electron chi connectivity index (χ0n) is 13.9. The van der Waals surface area contributed by atoms with Gasteiger partial charge in [-0.05, 0) is 23.8 Å². The van der Waals surface area contributed by atoms with Crippen LogP contribution in [-0.2, 0) is 22.6 Å². The van der Waals surface area contributed by atoms with E-state index < -0.39 is 12.1 Å². The van der Waals surface area contributed by atoms with Crippen LogP contribution in [0, 0.1) is 0 Å². The Bertz CT molecular complexity index is 878. The highest BCUT2D eigenvalue weighted by Gasteiger charge is 2.19. The summed E-state index contributed by atoms with van der Waals surface area (Å²) < 4.78 is 10.9. The van der Waals surface area contributed by atoms with Gasteiger partial charge in [0.2, 0.25) is 0 Å². The number of aromatic nitrogens is 1. The van der Waals surface area contributed by atoms with Crippen molar-refractivity contribution in [2.75, 3.05) is 7.11 Å². The van der Waals surface area contributed by atoms with Gasteiger partial charge in [0.25, 0.3) is 0 Å². The van der Waals surface area contributed by atoms with E-state index in [9.17, 15) is 4.79 Å². The predicted molar refractivity (Wildman–Crippen MR) is 94.7 cm³/mol. The van der Waals surface area contributed by atoms with Gasteiger partial charge in [0, 0.05) is 30.7 Å². The molecule has 2 aromatic carbocycles. The average molecular weight is 337 g/mol. The molecule has 25 heavy (non-hydrogen) atoms. The summed E-state index contributed by atoms with van der Waals surface area (Å²) in [5.41, 5.74) is 2.69. The van der Waals surface area contributed by atoms with Crippen LogP contribution in [0.5, 0.6) is 5.75 Å². The second-order valence-corrected chi connectivity index (χ2v) is 5.70. The highest BCUT2D eigenvalue weighted by molar-refractivity contribution is 5.78. The van der Waals surface area contributed by atoms with Crippen LogP contribution in [0.1, 0.15) is 11.1 Å². The van der Waals surface area contributed by atoms with Crippen LogP contribution < -0.4 is 4.74 Å². The summed E-state index contributed by atoms with van der Waals surface area (Å²) in [6.45, 7) is 0.361. The molecule has 1 aromatic heterocycles. The Labute approximate surface area is 145 Å². The lowest BCUT2D eigenvalue weighted by atomic mass is 10.1. The Morgan fingerprint density at radius 1 is 1.16 bits per heavy atom. The third-order valence-corrected chi connectivity index (χ3v) is 3.98. The maximum Gasteiger partial charge on any atom is 0.333 e. The van der Waals surface area contributed by atoms with Crippen molar-refractivity contribution >= 4 is 16.9 Å². The number of methoxy groups -OCH3 is 1. The first kappa shape index (κ1) is 16.9. The quantitative estimate of drug-likeness (QED) is 0.715. The maximum absolute atomic E-state index is 11.2. The van der Waals surface area contributed by atoms with Gasteiger partial charge >= 0.3 is 5.97 Å². The largest absolute Gasteiger partial charge is 0.489 e. The normalized spacial score (nSPS) is 12.0. The highest BCUT2D eigenvalue weighted by atomic mass is 16.5. The van der Waals surface area contributed by atoms with Crippen LogP contribution >= 0.6 is 0 Å². The number of pyridine rings is 1. The van der Waals surface area contributed by atoms with E-state index in [0.717, 1.165) is 22.0 Å². The van der Waals surface area contributed by atoms with Crippen molar-refractivity contribution in [2.24, 2.45) is 0 Å². The van der Waals surface area contributed by atoms with Crippen LogP contribution in [0.3, 0.4) is 0 Å². The van der Waals surface area contributed by atoms with E-state index >= 15 is 0 Å². The van der Waals surface area contributed by atoms with Crippen LogP contribution in [0.4, 0.5) is 0 Å². The van der Waals surface area contributed by atoms with Crippen molar-refractivity contribution in [3.05, 3.63) is 71.9 Å². The number of rotatable bonds is 7. The first-order valence-corrected chi connectivity index (χ1v) is 7.97. The second kappa shape index (κ2) is 7.77. The zero-order valence-corrected chi connectivity index (χ0v) is 13.9. The Morgan fingerprint density at radius 2 is 1.92 bits per heavy atom. The van der Waals surface area contributed by atoms with E-state index in [1.807, 2.05) is 54.6 Å². The molecule has 1 heterocycles. The molecule has 0 aliphatic rings. The molecule has 0 spiro atoms. The fourth-order valence-electron chi connectivity index (χ4n) is 2.64. The number of fused-ring (bicyclic) bond motifs is 1. The average Bonchev–Trinajstić information content (AvgIpc) is 2.64. The van der Waals surface area contributed by atoms with Gasteiger partial charge in [-0.15, -0.1) is 0 Å². The standard InChI is InChI=1S/C20H19NO4/c1-24-19(20(22)23)11-16-7-3-5-9-18(16)25-13-14-10-15-6-2-4-8-17(15)21-12-14/h2-10,12,19H,11,13H2,1H3,(H,22,23). The summed E-state index contributed by atoms with van der Waals surface area (Å²) >= 11 is 0. The SMILES string of the molecule is COC(Cc1ccccc1OCc1cnc2ccccc2c1)C(=O)O. The second-order valence-electron chi connectivity index (χ2n) is 5.70. The van der Waals surface area contributed by atoms with Crippen molar-refractivity contribution in [1.82, 2.24) is 4.98 Å². The van der Waals surface area contributed by atoms with E-state index in [4.69, 9.17) is 14.6 Å². The minimum atomic E-state index is -0.990. The summed E-state index contributed by atoms with van der Waals surface area (Å²) in [6.07, 6.45) is 1.14. The first-order valence-electron chi connectivity index (χ1n) is 7.97. The summed E-state index contributed by atoms with van der Waals surface area (Å²) in [6, 6.07) is 17.3. The molecular weight excluding hydrogens is 318 g/mol. The first-order chi connectivity index (χ1) is 12.2. The van der Waals surface area contributed by atoms with Gasteiger partial charge in [-0.1, -0.05) is 36.4 Å². The molecule has 0 fully saturated rings. The Hall–Kier alpha value is -2.92. The van der Waals surface area contributed by atoms with Gasteiger partial charge in [0.1, 0.15) is 12.4 Å². The molecule has 0 saturated heterocycles. The molecule has 0 saturated carbocycles. The fraction of sp³-hybridized carbons (Fsp3) is 0.200. The number of para-hydroxylation sites is 2. The Kier molecular flexibility index (Phi) is 5.26. The summed E-state index contributed by atoms with van der Waals surface area (Å²) in [5, 5.41) is 10.2. The number of ether oxygens (including phenoxy) is 2. The number of hydrogen-bond acceptors (Lipinski definition) is 4. The van der Waals surface area contributed by atoms with Gasteiger partial charge in [0.15, 0.2) is 6.10 Å². The molecule has 0 bridgehead atoms. The van der Waals surface area contributed by atoms with Crippen molar-refractivity contribution in [3.8, 4) is 5.75 Å². The predicted octanol–water partition coefficient (Wildman–Crippen LogP) is 3.46. The van der Waals surface area contributed by atoms with Crippen LogP contribution in [0.2, 0.25) is 0 Å². The zero-order chi connectivity index (χ0) is 17.6. The number of carbonyl (C=O) groups is 1. The summed E-state index contributed by atoms with van der Waals surface area (Å²) in [7, 11) is 1.39. The van der Waals surface area contributed by atoms with Crippen molar-refractivity contribution < 1.29 is 19.4 Å². The minimum absolute atomic E-state index is 0.248. The number of carboxylic acids is 1. The number of nitrogens with zero attached hydrogens (tertiary/aromatic N) is 1. The van der Waals surface area contributed by atoms with Gasteiger partial charge in [-0.3, -0.25) is 4.98 Å². The lowest BCUT2D eigenvalue weighted by molar-refractivity contribution is -0.148. The van der Waals surface area contributed by atoms with Crippen molar-refractivity contribution in [3.63, 3.8) is 0 Å². The van der Waals surface area contributed by atoms with E-state index in [0.29, 0.717) is 12.4 Å². The molecule has 3 rings (SSSR count). The smallest absolute Gasteiger partial charge is 0.333 e. The molecule has 1 atom stereocenters. The summed E-state index contributed by atoms with van der Waals surface area (Å²) in [4.78, 5) is 15.6. The van der Waals surface area contributed by atoms with Gasteiger partial charge < -0.3 is 14.6 Å². The molecule has 0 aliphatic carbocycles. The monoisotopic (exact) mass is 337 g/mol. The molecular formula is C20H19NO4. The molecule has 5 heteroatoms. The molecule has 1 N–H and O–H groups in total. The molecule has 128 valence electrons. The molecule has 1 unspecified atom stereocenters. The highest BCUT2D eigenvalue weighted by Crippen LogP contribution is 2.22. The van der Waals surface area contributed by atoms with Gasteiger partial charge in [0.05, 0.1) is 5.52 Å². The van der Waals surface area contributed by atoms with Crippen LogP contribution in [-0.4, -0.2) is 29.3 Å². The molecule has 3 aromatic rings. The number of hydrogen-bond donors (Lipinski definition) is 1. The lowest BCUT2D eigenvalue weighted by Gasteiger charge is -2.15. The lowest BCUT2D eigenvalue weighted by Crippen LogP contribution is -2.25. The molecule has 0 radical (unpaired) electrons. The van der Waals surface area contributed by atoms with Crippen LogP contribution in [0.25, 0.3) is 10.9 Å². The number of aliphatic carboxylic acids is 1. The topological polar surface area (TPSA) is 68.7 Å². The van der Waals surface area contributed by atoms with Gasteiger partial charge in [-0.2, -0.15) is 0 Å². The Morgan fingerprint density at radius 3 is 2.72 bits per heavy atom. The fourth-order valence-corrected chi connectivity index (χ4v) is 2.64. The van der Waals surface area contributed by atoms with Crippen molar-refractivity contribution in [1.29, 1.82) is 0 Å². The Balaban J connectivity index is 1.75. The van der Waals surface area contributed by atoms with Crippen molar-refractivity contribution in [2.45, 2.75) is 19.1 Å². The third-order valence-electron chi connectivity index (χ3n) is 3.98. The molecule has 0 aliphatic heterocycles. The summed E-state index contributed by atoms with van der Waals surface area (Å²) in [5.74, 6) is -0.338. The number of benzene rings is 2. The molecule has 5 nitrogen and oxygen atoms in total. The molecule has 0 amide bonds. The third kappa shape index (κ3) is 4.14. The van der Waals surface area contributed by atoms with E-state index in [1.54, 1.807) is 6.20 Å².